The van der Waals surface area contributed by atoms with Gasteiger partial charge in [-0.05, 0) is 49.9 Å². The Balaban J connectivity index is 1.41. The average molecular weight is 514 g/mol. The molecule has 2 atom stereocenters. The number of rotatable bonds is 7. The van der Waals surface area contributed by atoms with E-state index in [9.17, 15) is 18.0 Å². The lowest BCUT2D eigenvalue weighted by molar-refractivity contribution is -0.0120. The number of methoxy groups -OCH3 is 1. The lowest BCUT2D eigenvalue weighted by Gasteiger charge is -2.30. The maximum Gasteiger partial charge on any atom is 0.410 e. The molecule has 1 aliphatic carbocycles. The van der Waals surface area contributed by atoms with Crippen molar-refractivity contribution in [1.82, 2.24) is 9.88 Å². The van der Waals surface area contributed by atoms with E-state index in [2.05, 4.69) is 10.3 Å². The molecular weight excluding hydrogens is 483 g/mol. The Hall–Kier alpha value is -3.33. The molecule has 0 spiro atoms. The van der Waals surface area contributed by atoms with Gasteiger partial charge in [0.05, 0.1) is 23.7 Å². The molecule has 3 aromatic rings. The summed E-state index contributed by atoms with van der Waals surface area (Å²) in [6.45, 7) is 2.61. The van der Waals surface area contributed by atoms with Gasteiger partial charge in [-0.1, -0.05) is 24.3 Å². The van der Waals surface area contributed by atoms with E-state index < -0.39 is 29.4 Å². The van der Waals surface area contributed by atoms with Crippen molar-refractivity contribution >= 4 is 22.7 Å². The number of carbonyl (C=O) groups is 1. The highest BCUT2D eigenvalue weighted by Crippen LogP contribution is 2.39. The second-order valence-corrected chi connectivity index (χ2v) is 9.81. The van der Waals surface area contributed by atoms with Crippen molar-refractivity contribution < 1.29 is 27.4 Å². The molecular formula is C28H30F3N3O3. The Morgan fingerprint density at radius 1 is 1.19 bits per heavy atom. The number of fused-ring (bicyclic) bond motifs is 1. The van der Waals surface area contributed by atoms with Crippen LogP contribution in [0.15, 0.2) is 48.7 Å². The highest BCUT2D eigenvalue weighted by atomic mass is 19.3. The van der Waals surface area contributed by atoms with Crippen LogP contribution in [0.25, 0.3) is 10.9 Å². The number of hydrogen-bond acceptors (Lipinski definition) is 5. The Morgan fingerprint density at radius 2 is 1.97 bits per heavy atom. The fourth-order valence-electron chi connectivity index (χ4n) is 5.10. The Kier molecular flexibility index (Phi) is 6.98. The Bertz CT molecular complexity index is 1300. The van der Waals surface area contributed by atoms with Gasteiger partial charge in [-0.2, -0.15) is 0 Å². The van der Waals surface area contributed by atoms with Crippen LogP contribution in [0.5, 0.6) is 0 Å². The zero-order valence-electron chi connectivity index (χ0n) is 20.8. The predicted molar refractivity (Wildman–Crippen MR) is 134 cm³/mol. The van der Waals surface area contributed by atoms with Gasteiger partial charge in [-0.15, -0.1) is 0 Å². The van der Waals surface area contributed by atoms with Gasteiger partial charge in [0.15, 0.2) is 0 Å². The molecule has 1 amide bonds. The predicted octanol–water partition coefficient (Wildman–Crippen LogP) is 6.72. The van der Waals surface area contributed by atoms with Crippen LogP contribution in [0.1, 0.15) is 61.8 Å². The first-order valence-corrected chi connectivity index (χ1v) is 12.5. The molecule has 37 heavy (non-hydrogen) atoms. The molecule has 196 valence electrons. The summed E-state index contributed by atoms with van der Waals surface area (Å²) in [5.41, 5.74) is 1.12. The molecule has 2 heterocycles. The third-order valence-corrected chi connectivity index (χ3v) is 7.60. The second-order valence-electron chi connectivity index (χ2n) is 9.81. The monoisotopic (exact) mass is 513 g/mol. The van der Waals surface area contributed by atoms with E-state index in [1.165, 1.54) is 12.1 Å². The highest BCUT2D eigenvalue weighted by Gasteiger charge is 2.43. The van der Waals surface area contributed by atoms with Gasteiger partial charge >= 0.3 is 6.09 Å². The molecule has 1 saturated heterocycles. The number of pyridine rings is 1. The van der Waals surface area contributed by atoms with Gasteiger partial charge in [0.25, 0.3) is 6.43 Å². The second kappa shape index (κ2) is 10.2. The number of nitrogens with one attached hydrogen (secondary N) is 1. The van der Waals surface area contributed by atoms with Crippen molar-refractivity contribution in [3.63, 3.8) is 0 Å². The molecule has 0 unspecified atom stereocenters. The topological polar surface area (TPSA) is 63.7 Å². The van der Waals surface area contributed by atoms with E-state index in [0.717, 1.165) is 36.3 Å². The quantitative estimate of drug-likeness (QED) is 0.380. The molecule has 1 aromatic heterocycles. The number of anilines is 1. The maximum atomic E-state index is 14.8. The average Bonchev–Trinajstić information content (AvgIpc) is 3.32. The standard InChI is InChI=1S/C28H30F3N3O3/c1-17(20-7-4-8-21(25(20)29)26(30)31)33-24-11-13-32-23-10-9-18(15-22(23)24)28(36-2)12-14-34(16-28)27(35)37-19-5-3-6-19/h4,7-11,13,15,17,19,26H,3,5-6,12,14,16H2,1-2H3,(H,32,33)/t17-,28-/m1/s1. The summed E-state index contributed by atoms with van der Waals surface area (Å²) in [4.78, 5) is 18.8. The first-order valence-electron chi connectivity index (χ1n) is 12.5. The molecule has 9 heteroatoms. The van der Waals surface area contributed by atoms with E-state index in [4.69, 9.17) is 9.47 Å². The minimum absolute atomic E-state index is 0.0126. The van der Waals surface area contributed by atoms with Crippen LogP contribution in [0, 0.1) is 5.82 Å². The number of likely N-dealkylation sites (tertiary alicyclic amines) is 1. The highest BCUT2D eigenvalue weighted by molar-refractivity contribution is 5.92. The van der Waals surface area contributed by atoms with Crippen molar-refractivity contribution in [2.24, 2.45) is 0 Å². The summed E-state index contributed by atoms with van der Waals surface area (Å²) in [5.74, 6) is -0.908. The van der Waals surface area contributed by atoms with Crippen molar-refractivity contribution in [3.05, 3.63) is 71.2 Å². The summed E-state index contributed by atoms with van der Waals surface area (Å²) >= 11 is 0. The molecule has 0 radical (unpaired) electrons. The van der Waals surface area contributed by atoms with Crippen molar-refractivity contribution in [2.45, 2.75) is 56.8 Å². The number of nitrogens with zero attached hydrogens (tertiary/aromatic N) is 2. The Morgan fingerprint density at radius 3 is 2.68 bits per heavy atom. The van der Waals surface area contributed by atoms with Gasteiger partial charge in [-0.3, -0.25) is 4.98 Å². The summed E-state index contributed by atoms with van der Waals surface area (Å²) < 4.78 is 52.8. The summed E-state index contributed by atoms with van der Waals surface area (Å²) in [6, 6.07) is 11.0. The third-order valence-electron chi connectivity index (χ3n) is 7.60. The molecule has 1 saturated carbocycles. The zero-order chi connectivity index (χ0) is 26.2. The van der Waals surface area contributed by atoms with Gasteiger partial charge in [0.2, 0.25) is 0 Å². The first-order chi connectivity index (χ1) is 17.8. The molecule has 2 aromatic carbocycles. The van der Waals surface area contributed by atoms with Crippen molar-refractivity contribution in [1.29, 1.82) is 0 Å². The maximum absolute atomic E-state index is 14.8. The molecule has 0 bridgehead atoms. The number of ether oxygens (including phenoxy) is 2. The first kappa shape index (κ1) is 25.3. The summed E-state index contributed by atoms with van der Waals surface area (Å²) in [5, 5.41) is 4.05. The van der Waals surface area contributed by atoms with E-state index in [1.807, 2.05) is 18.2 Å². The van der Waals surface area contributed by atoms with Gasteiger partial charge < -0.3 is 19.7 Å². The van der Waals surface area contributed by atoms with Crippen LogP contribution in [0.4, 0.5) is 23.7 Å². The molecule has 1 aliphatic heterocycles. The van der Waals surface area contributed by atoms with Crippen molar-refractivity contribution in [3.8, 4) is 0 Å². The normalized spacial score (nSPS) is 20.8. The van der Waals surface area contributed by atoms with Gasteiger partial charge in [0.1, 0.15) is 17.5 Å². The Labute approximate surface area is 213 Å². The molecule has 5 rings (SSSR count). The van der Waals surface area contributed by atoms with Crippen molar-refractivity contribution in [2.75, 3.05) is 25.5 Å². The van der Waals surface area contributed by atoms with Crippen LogP contribution < -0.4 is 5.32 Å². The molecule has 2 aliphatic rings. The molecule has 6 nitrogen and oxygen atoms in total. The van der Waals surface area contributed by atoms with Crippen LogP contribution in [0.2, 0.25) is 0 Å². The van der Waals surface area contributed by atoms with Crippen LogP contribution in [-0.2, 0) is 15.1 Å². The van der Waals surface area contributed by atoms with Gasteiger partial charge in [-0.25, -0.2) is 18.0 Å². The SMILES string of the molecule is CO[C@]1(c2ccc3nccc(N[C@H](C)c4cccc(C(F)F)c4F)c3c2)CCN(C(=O)OC2CCC2)C1. The number of amides is 1. The number of hydrogen-bond donors (Lipinski definition) is 1. The third kappa shape index (κ3) is 4.84. The lowest BCUT2D eigenvalue weighted by atomic mass is 9.91. The van der Waals surface area contributed by atoms with E-state index in [1.54, 1.807) is 31.2 Å². The number of carbonyl (C=O) groups excluding carboxylic acids is 1. The van der Waals surface area contributed by atoms with Crippen LogP contribution in [0.3, 0.4) is 0 Å². The number of aromatic nitrogens is 1. The summed E-state index contributed by atoms with van der Waals surface area (Å²) in [6.07, 6.45) is 1.98. The fraction of sp³-hybridized carbons (Fsp3) is 0.429. The van der Waals surface area contributed by atoms with E-state index >= 15 is 0 Å². The number of benzene rings is 2. The smallest absolute Gasteiger partial charge is 0.410 e. The minimum Gasteiger partial charge on any atom is -0.446 e. The largest absolute Gasteiger partial charge is 0.446 e. The summed E-state index contributed by atoms with van der Waals surface area (Å²) in [7, 11) is 1.63. The van der Waals surface area contributed by atoms with E-state index in [-0.39, 0.29) is 17.8 Å². The number of alkyl halides is 2. The zero-order valence-corrected chi connectivity index (χ0v) is 20.8. The van der Waals surface area contributed by atoms with Crippen LogP contribution >= 0.6 is 0 Å². The van der Waals surface area contributed by atoms with E-state index in [0.29, 0.717) is 30.7 Å². The van der Waals surface area contributed by atoms with Crippen LogP contribution in [-0.4, -0.2) is 42.3 Å². The minimum atomic E-state index is -2.89. The van der Waals surface area contributed by atoms with Gasteiger partial charge in [0, 0.05) is 42.9 Å². The lowest BCUT2D eigenvalue weighted by Crippen LogP contribution is -2.38. The molecule has 1 N–H and O–H groups in total. The fourth-order valence-corrected chi connectivity index (χ4v) is 5.10. The number of halogens is 3. The molecule has 2 fully saturated rings.